The van der Waals surface area contributed by atoms with Crippen molar-refractivity contribution in [2.45, 2.75) is 32.6 Å². The number of rotatable bonds is 5. The molecule has 0 aliphatic carbocycles. The van der Waals surface area contributed by atoms with E-state index in [0.29, 0.717) is 0 Å². The Morgan fingerprint density at radius 1 is 0.833 bits per heavy atom. The van der Waals surface area contributed by atoms with Crippen molar-refractivity contribution in [2.75, 3.05) is 0 Å². The Bertz CT molecular complexity index is 431. The van der Waals surface area contributed by atoms with Crippen LogP contribution in [-0.4, -0.2) is 0 Å². The quantitative estimate of drug-likeness (QED) is 0.418. The second-order valence-electron chi connectivity index (χ2n) is 4.44. The second kappa shape index (κ2) is 8.19. The van der Waals surface area contributed by atoms with Gasteiger partial charge in [-0.15, -0.1) is 5.56 Å². The first-order chi connectivity index (χ1) is 8.40. The smallest absolute Gasteiger partial charge is 0.184 e. The van der Waals surface area contributed by atoms with Gasteiger partial charge in [-0.25, -0.2) is 0 Å². The third-order valence-corrected chi connectivity index (χ3v) is 3.07. The van der Waals surface area contributed by atoms with Crippen molar-refractivity contribution < 1.29 is 18.9 Å². The Hall–Kier alpha value is -0.963. The fourth-order valence-corrected chi connectivity index (χ4v) is 2.02. The summed E-state index contributed by atoms with van der Waals surface area (Å²) in [6.07, 6.45) is 5.13. The molecule has 0 heterocycles. The van der Waals surface area contributed by atoms with E-state index in [0.717, 1.165) is 0 Å². The third-order valence-electron chi connectivity index (χ3n) is 3.07. The van der Waals surface area contributed by atoms with Gasteiger partial charge in [0, 0.05) is 0 Å². The van der Waals surface area contributed by atoms with E-state index in [2.05, 4.69) is 49.4 Å². The summed E-state index contributed by atoms with van der Waals surface area (Å²) in [5.41, 5.74) is 4.01. The summed E-state index contributed by atoms with van der Waals surface area (Å²) in [5.74, 6) is 0. The predicted octanol–water partition coefficient (Wildman–Crippen LogP) is 1.89. The van der Waals surface area contributed by atoms with Gasteiger partial charge in [0.25, 0.3) is 0 Å². The van der Waals surface area contributed by atoms with Crippen LogP contribution in [-0.2, 0) is 6.42 Å². The summed E-state index contributed by atoms with van der Waals surface area (Å²) in [6.45, 7) is 2.25. The fourth-order valence-electron chi connectivity index (χ4n) is 2.02. The summed E-state index contributed by atoms with van der Waals surface area (Å²) in [5, 5.41) is 0. The van der Waals surface area contributed by atoms with Gasteiger partial charge in [-0.3, -0.25) is 0 Å². The number of hydrogen-bond donors (Lipinski definition) is 0. The van der Waals surface area contributed by atoms with Gasteiger partial charge >= 0.3 is 18.9 Å². The number of benzene rings is 2. The van der Waals surface area contributed by atoms with E-state index in [9.17, 15) is 0 Å². The zero-order valence-electron chi connectivity index (χ0n) is 11.4. The van der Waals surface area contributed by atoms with Crippen LogP contribution < -0.4 is 18.9 Å². The Labute approximate surface area is 123 Å². The minimum Gasteiger partial charge on any atom is -0.184 e. The third kappa shape index (κ3) is 4.37. The molecule has 1 heteroatoms. The molecule has 0 unspecified atom stereocenters. The van der Waals surface area contributed by atoms with Crippen LogP contribution in [0.3, 0.4) is 0 Å². The Kier molecular flexibility index (Phi) is 6.87. The van der Waals surface area contributed by atoms with Crippen molar-refractivity contribution in [3.05, 3.63) is 60.2 Å². The number of unbranched alkanes of at least 4 members (excludes halogenated alkanes) is 2. The second-order valence-corrected chi connectivity index (χ2v) is 4.44. The van der Waals surface area contributed by atoms with Gasteiger partial charge in [0.1, 0.15) is 0 Å². The molecule has 0 spiro atoms. The SMILES string of the molecule is CCCCCc1ccc(-c2cc[c-]cc2)cc1.[Li+]. The minimum absolute atomic E-state index is 0. The van der Waals surface area contributed by atoms with Crippen molar-refractivity contribution in [3.63, 3.8) is 0 Å². The van der Waals surface area contributed by atoms with Gasteiger partial charge in [-0.1, -0.05) is 44.0 Å². The van der Waals surface area contributed by atoms with Crippen molar-refractivity contribution in [1.82, 2.24) is 0 Å². The molecule has 2 rings (SSSR count). The molecule has 2 aromatic carbocycles. The summed E-state index contributed by atoms with van der Waals surface area (Å²) >= 11 is 0. The Morgan fingerprint density at radius 2 is 1.44 bits per heavy atom. The first-order valence-electron chi connectivity index (χ1n) is 6.45. The van der Waals surface area contributed by atoms with Gasteiger partial charge in [0.2, 0.25) is 0 Å². The predicted molar refractivity (Wildman–Crippen MR) is 73.9 cm³/mol. The molecule has 18 heavy (non-hydrogen) atoms. The topological polar surface area (TPSA) is 0 Å². The van der Waals surface area contributed by atoms with E-state index in [4.69, 9.17) is 0 Å². The minimum atomic E-state index is 0. The maximum atomic E-state index is 3.05. The summed E-state index contributed by atoms with van der Waals surface area (Å²) < 4.78 is 0. The molecule has 0 aromatic heterocycles. The standard InChI is InChI=1S/C17H19.Li/c1-2-3-5-8-15-11-13-17(14-12-15)16-9-6-4-7-10-16;/h6-7,9-14H,2-3,5,8H2,1H3;/q-1;+1. The summed E-state index contributed by atoms with van der Waals surface area (Å²) in [7, 11) is 0. The first kappa shape index (κ1) is 15.1. The molecule has 2 aromatic rings. The van der Waals surface area contributed by atoms with Crippen LogP contribution in [0, 0.1) is 6.07 Å². The molecule has 0 saturated carbocycles. The number of hydrogen-bond acceptors (Lipinski definition) is 0. The van der Waals surface area contributed by atoms with Crippen molar-refractivity contribution >= 4 is 0 Å². The van der Waals surface area contributed by atoms with Crippen molar-refractivity contribution in [1.29, 1.82) is 0 Å². The summed E-state index contributed by atoms with van der Waals surface area (Å²) in [6, 6.07) is 20.1. The van der Waals surface area contributed by atoms with Gasteiger partial charge in [0.15, 0.2) is 0 Å². The van der Waals surface area contributed by atoms with Crippen molar-refractivity contribution in [2.24, 2.45) is 0 Å². The largest absolute Gasteiger partial charge is 1.00 e. The van der Waals surface area contributed by atoms with Crippen LogP contribution in [0.5, 0.6) is 0 Å². The molecule has 0 atom stereocenters. The van der Waals surface area contributed by atoms with E-state index in [-0.39, 0.29) is 18.9 Å². The van der Waals surface area contributed by atoms with Gasteiger partial charge in [-0.05, 0) is 24.0 Å². The summed E-state index contributed by atoms with van der Waals surface area (Å²) in [4.78, 5) is 0. The van der Waals surface area contributed by atoms with E-state index in [1.807, 2.05) is 12.1 Å². The zero-order valence-corrected chi connectivity index (χ0v) is 11.4. The van der Waals surface area contributed by atoms with E-state index in [1.54, 1.807) is 0 Å². The molecule has 0 amide bonds. The van der Waals surface area contributed by atoms with E-state index < -0.39 is 0 Å². The monoisotopic (exact) mass is 230 g/mol. The van der Waals surface area contributed by atoms with Crippen LogP contribution in [0.25, 0.3) is 11.1 Å². The number of aryl methyl sites for hydroxylation is 1. The zero-order chi connectivity index (χ0) is 11.9. The van der Waals surface area contributed by atoms with Crippen LogP contribution in [0.2, 0.25) is 0 Å². The van der Waals surface area contributed by atoms with Crippen LogP contribution in [0.15, 0.2) is 48.5 Å². The van der Waals surface area contributed by atoms with Gasteiger partial charge < -0.3 is 0 Å². The van der Waals surface area contributed by atoms with Crippen LogP contribution >= 0.6 is 0 Å². The molecule has 0 radical (unpaired) electrons. The van der Waals surface area contributed by atoms with Crippen LogP contribution in [0.1, 0.15) is 31.7 Å². The molecule has 88 valence electrons. The molecule has 0 fully saturated rings. The Balaban J connectivity index is 0.00000162. The van der Waals surface area contributed by atoms with Gasteiger partial charge in [-0.2, -0.15) is 30.3 Å². The van der Waals surface area contributed by atoms with E-state index in [1.165, 1.54) is 42.4 Å². The molecule has 0 N–H and O–H groups in total. The fraction of sp³-hybridized carbons (Fsp3) is 0.294. The van der Waals surface area contributed by atoms with E-state index >= 15 is 0 Å². The molecular formula is C17H19Li. The molecule has 0 aliphatic rings. The average molecular weight is 230 g/mol. The molecule has 0 saturated heterocycles. The van der Waals surface area contributed by atoms with Gasteiger partial charge in [0.05, 0.1) is 0 Å². The Morgan fingerprint density at radius 3 is 2.06 bits per heavy atom. The average Bonchev–Trinajstić information content (AvgIpc) is 2.41. The molecular weight excluding hydrogens is 211 g/mol. The van der Waals surface area contributed by atoms with Crippen LogP contribution in [0.4, 0.5) is 0 Å². The first-order valence-corrected chi connectivity index (χ1v) is 6.45. The molecule has 0 bridgehead atoms. The normalized spacial score (nSPS) is 9.83. The van der Waals surface area contributed by atoms with Crippen molar-refractivity contribution in [3.8, 4) is 11.1 Å². The maximum Gasteiger partial charge on any atom is 1.00 e. The molecule has 0 nitrogen and oxygen atoms in total. The maximum absolute atomic E-state index is 3.05. The molecule has 0 aliphatic heterocycles.